The highest BCUT2D eigenvalue weighted by Crippen LogP contribution is 2.24. The van der Waals surface area contributed by atoms with E-state index in [1.807, 2.05) is 24.3 Å². The molecule has 0 saturated carbocycles. The van der Waals surface area contributed by atoms with Crippen molar-refractivity contribution in [1.29, 1.82) is 0 Å². The van der Waals surface area contributed by atoms with E-state index in [9.17, 15) is 4.79 Å². The topological polar surface area (TPSA) is 49.8 Å². The van der Waals surface area contributed by atoms with Crippen LogP contribution in [0.15, 0.2) is 24.3 Å². The quantitative estimate of drug-likeness (QED) is 0.682. The third-order valence-electron chi connectivity index (χ3n) is 2.49. The van der Waals surface area contributed by atoms with Crippen LogP contribution in [0.3, 0.4) is 0 Å². The van der Waals surface area contributed by atoms with Crippen LogP contribution in [-0.2, 0) is 16.0 Å². The molecule has 0 amide bonds. The molecule has 4 heteroatoms. The van der Waals surface area contributed by atoms with Crippen molar-refractivity contribution in [1.82, 2.24) is 0 Å². The summed E-state index contributed by atoms with van der Waals surface area (Å²) >= 11 is 2.23. The van der Waals surface area contributed by atoms with Gasteiger partial charge in [0.05, 0.1) is 18.6 Å². The number of carboxylic acid groups (broad SMARTS) is 1. The van der Waals surface area contributed by atoms with E-state index in [0.29, 0.717) is 13.0 Å². The standard InChI is InChI=1S/C11H11IO3/c12-8-3-1-7(2-4-8)5-9(11(13)14)10-6-15-10/h1-4,9-10H,5-6H2,(H,13,14)/t9-,10-/m0/s1. The number of benzene rings is 1. The van der Waals surface area contributed by atoms with Gasteiger partial charge in [-0.25, -0.2) is 0 Å². The summed E-state index contributed by atoms with van der Waals surface area (Å²) in [6.07, 6.45) is 0.471. The summed E-state index contributed by atoms with van der Waals surface area (Å²) in [5.41, 5.74) is 1.05. The fourth-order valence-corrected chi connectivity index (χ4v) is 1.90. The number of epoxide rings is 1. The van der Waals surface area contributed by atoms with Crippen molar-refractivity contribution in [2.24, 2.45) is 5.92 Å². The smallest absolute Gasteiger partial charge is 0.309 e. The van der Waals surface area contributed by atoms with Crippen LogP contribution in [0.5, 0.6) is 0 Å². The van der Waals surface area contributed by atoms with Crippen molar-refractivity contribution in [2.75, 3.05) is 6.61 Å². The van der Waals surface area contributed by atoms with Gasteiger partial charge >= 0.3 is 5.97 Å². The molecule has 0 bridgehead atoms. The lowest BCUT2D eigenvalue weighted by Crippen LogP contribution is -2.22. The molecule has 1 aromatic rings. The van der Waals surface area contributed by atoms with Gasteiger partial charge in [0.25, 0.3) is 0 Å². The van der Waals surface area contributed by atoms with Crippen LogP contribution >= 0.6 is 22.6 Å². The minimum absolute atomic E-state index is 0.0817. The van der Waals surface area contributed by atoms with E-state index in [-0.39, 0.29) is 6.10 Å². The zero-order chi connectivity index (χ0) is 10.8. The zero-order valence-corrected chi connectivity index (χ0v) is 10.2. The van der Waals surface area contributed by atoms with Gasteiger partial charge in [-0.2, -0.15) is 0 Å². The van der Waals surface area contributed by atoms with Crippen LogP contribution in [-0.4, -0.2) is 23.8 Å². The molecule has 15 heavy (non-hydrogen) atoms. The molecule has 0 aliphatic carbocycles. The summed E-state index contributed by atoms with van der Waals surface area (Å²) in [5, 5.41) is 9.02. The number of hydrogen-bond donors (Lipinski definition) is 1. The van der Waals surface area contributed by atoms with Crippen LogP contribution in [0.1, 0.15) is 5.56 Å². The fourth-order valence-electron chi connectivity index (χ4n) is 1.54. The summed E-state index contributed by atoms with van der Waals surface area (Å²) in [5.74, 6) is -1.17. The molecule has 2 rings (SSSR count). The van der Waals surface area contributed by atoms with E-state index in [0.717, 1.165) is 9.13 Å². The summed E-state index contributed by atoms with van der Waals surface area (Å²) in [6, 6.07) is 7.92. The number of aliphatic carboxylic acids is 1. The number of carboxylic acids is 1. The number of hydrogen-bond acceptors (Lipinski definition) is 2. The first-order chi connectivity index (χ1) is 7.16. The average molecular weight is 318 g/mol. The first-order valence-electron chi connectivity index (χ1n) is 4.75. The maximum absolute atomic E-state index is 11.0. The summed E-state index contributed by atoms with van der Waals surface area (Å²) in [4.78, 5) is 11.0. The molecule has 1 aromatic carbocycles. The maximum Gasteiger partial charge on any atom is 0.309 e. The lowest BCUT2D eigenvalue weighted by molar-refractivity contribution is -0.142. The van der Waals surface area contributed by atoms with Crippen molar-refractivity contribution >= 4 is 28.6 Å². The second-order valence-corrected chi connectivity index (χ2v) is 4.89. The number of halogens is 1. The molecule has 0 unspecified atom stereocenters. The van der Waals surface area contributed by atoms with E-state index < -0.39 is 11.9 Å². The van der Waals surface area contributed by atoms with Gasteiger partial charge in [-0.15, -0.1) is 0 Å². The molecular weight excluding hydrogens is 307 g/mol. The van der Waals surface area contributed by atoms with Crippen molar-refractivity contribution in [3.05, 3.63) is 33.4 Å². The second-order valence-electron chi connectivity index (χ2n) is 3.65. The second kappa shape index (κ2) is 4.49. The molecule has 1 aliphatic heterocycles. The third kappa shape index (κ3) is 2.92. The van der Waals surface area contributed by atoms with Crippen molar-refractivity contribution in [2.45, 2.75) is 12.5 Å². The molecule has 1 aliphatic rings. The van der Waals surface area contributed by atoms with Crippen LogP contribution < -0.4 is 0 Å². The first kappa shape index (κ1) is 10.9. The molecule has 3 nitrogen and oxygen atoms in total. The Morgan fingerprint density at radius 2 is 2.13 bits per heavy atom. The maximum atomic E-state index is 11.0. The highest BCUT2D eigenvalue weighted by atomic mass is 127. The monoisotopic (exact) mass is 318 g/mol. The summed E-state index contributed by atoms with van der Waals surface area (Å²) in [7, 11) is 0. The minimum atomic E-state index is -0.768. The van der Waals surface area contributed by atoms with Gasteiger partial charge in [-0.1, -0.05) is 12.1 Å². The van der Waals surface area contributed by atoms with Gasteiger partial charge in [0.2, 0.25) is 0 Å². The highest BCUT2D eigenvalue weighted by Gasteiger charge is 2.37. The van der Waals surface area contributed by atoms with Gasteiger partial charge in [0.1, 0.15) is 0 Å². The Balaban J connectivity index is 2.05. The van der Waals surface area contributed by atoms with Crippen LogP contribution in [0.4, 0.5) is 0 Å². The van der Waals surface area contributed by atoms with Crippen molar-refractivity contribution in [3.8, 4) is 0 Å². The van der Waals surface area contributed by atoms with E-state index >= 15 is 0 Å². The van der Waals surface area contributed by atoms with Gasteiger partial charge < -0.3 is 9.84 Å². The molecule has 1 fully saturated rings. The van der Waals surface area contributed by atoms with Crippen molar-refractivity contribution in [3.63, 3.8) is 0 Å². The van der Waals surface area contributed by atoms with Gasteiger partial charge in [-0.3, -0.25) is 4.79 Å². The SMILES string of the molecule is O=C(O)[C@@H](Cc1ccc(I)cc1)[C@@H]1CO1. The molecule has 1 saturated heterocycles. The molecule has 1 N–H and O–H groups in total. The van der Waals surface area contributed by atoms with Crippen molar-refractivity contribution < 1.29 is 14.6 Å². The number of carbonyl (C=O) groups is 1. The Bertz CT molecular complexity index is 357. The predicted octanol–water partition coefficient (Wildman–Crippen LogP) is 1.93. The third-order valence-corrected chi connectivity index (χ3v) is 3.21. The lowest BCUT2D eigenvalue weighted by Gasteiger charge is -2.09. The van der Waals surface area contributed by atoms with E-state index in [2.05, 4.69) is 22.6 Å². The molecule has 0 aromatic heterocycles. The van der Waals surface area contributed by atoms with Gasteiger partial charge in [0, 0.05) is 3.57 Å². The number of ether oxygens (including phenoxy) is 1. The molecule has 2 atom stereocenters. The van der Waals surface area contributed by atoms with Gasteiger partial charge in [-0.05, 0) is 46.7 Å². The first-order valence-corrected chi connectivity index (χ1v) is 5.83. The Morgan fingerprint density at radius 3 is 2.60 bits per heavy atom. The van der Waals surface area contributed by atoms with E-state index in [4.69, 9.17) is 9.84 Å². The Kier molecular flexibility index (Phi) is 3.25. The lowest BCUT2D eigenvalue weighted by atomic mass is 9.97. The largest absolute Gasteiger partial charge is 0.481 e. The molecule has 0 radical (unpaired) electrons. The average Bonchev–Trinajstić information content (AvgIpc) is 3.00. The molecule has 0 spiro atoms. The summed E-state index contributed by atoms with van der Waals surface area (Å²) < 4.78 is 6.20. The Morgan fingerprint density at radius 1 is 1.53 bits per heavy atom. The fraction of sp³-hybridized carbons (Fsp3) is 0.364. The minimum Gasteiger partial charge on any atom is -0.481 e. The highest BCUT2D eigenvalue weighted by molar-refractivity contribution is 14.1. The van der Waals surface area contributed by atoms with Crippen LogP contribution in [0.25, 0.3) is 0 Å². The van der Waals surface area contributed by atoms with Crippen LogP contribution in [0.2, 0.25) is 0 Å². The van der Waals surface area contributed by atoms with Gasteiger partial charge in [0.15, 0.2) is 0 Å². The van der Waals surface area contributed by atoms with E-state index in [1.54, 1.807) is 0 Å². The Labute approximate surface area is 102 Å². The summed E-state index contributed by atoms with van der Waals surface area (Å²) in [6.45, 7) is 0.585. The molecule has 1 heterocycles. The number of rotatable bonds is 4. The normalized spacial score (nSPS) is 21.0. The van der Waals surface area contributed by atoms with Crippen LogP contribution in [0, 0.1) is 9.49 Å². The Hall–Kier alpha value is -0.620. The molecular formula is C11H11IO3. The molecule has 80 valence electrons. The predicted molar refractivity (Wildman–Crippen MR) is 63.7 cm³/mol. The zero-order valence-electron chi connectivity index (χ0n) is 8.02. The van der Waals surface area contributed by atoms with E-state index in [1.165, 1.54) is 0 Å².